The van der Waals surface area contributed by atoms with Gasteiger partial charge in [0.1, 0.15) is 0 Å². The van der Waals surface area contributed by atoms with E-state index in [1.54, 1.807) is 0 Å². The van der Waals surface area contributed by atoms with Gasteiger partial charge in [-0.1, -0.05) is 24.3 Å². The minimum absolute atomic E-state index is 0. The Balaban J connectivity index is 0.00000144. The molecule has 0 aromatic heterocycles. The van der Waals surface area contributed by atoms with Gasteiger partial charge in [0, 0.05) is 19.6 Å². The van der Waals surface area contributed by atoms with Gasteiger partial charge in [0.05, 0.1) is 0 Å². The van der Waals surface area contributed by atoms with E-state index < -0.39 is 0 Å². The summed E-state index contributed by atoms with van der Waals surface area (Å²) in [7, 11) is 0. The highest BCUT2D eigenvalue weighted by atomic mass is 127. The van der Waals surface area contributed by atoms with Gasteiger partial charge in [0.15, 0.2) is 5.96 Å². The summed E-state index contributed by atoms with van der Waals surface area (Å²) in [5, 5.41) is 6.60. The van der Waals surface area contributed by atoms with Gasteiger partial charge in [-0.3, -0.25) is 4.99 Å². The minimum Gasteiger partial charge on any atom is -0.356 e. The van der Waals surface area contributed by atoms with Crippen molar-refractivity contribution in [3.8, 4) is 0 Å². The zero-order valence-corrected chi connectivity index (χ0v) is 12.5. The molecule has 0 unspecified atom stereocenters. The van der Waals surface area contributed by atoms with Gasteiger partial charge in [-0.15, -0.1) is 24.0 Å². The average Bonchev–Trinajstić information content (AvgIpc) is 2.33. The van der Waals surface area contributed by atoms with Crippen LogP contribution in [0.15, 0.2) is 29.3 Å². The highest BCUT2D eigenvalue weighted by Gasteiger charge is 2.02. The molecule has 0 amide bonds. The Morgan fingerprint density at radius 1 is 1.35 bits per heavy atom. The van der Waals surface area contributed by atoms with Gasteiger partial charge >= 0.3 is 0 Å². The molecule has 3 nitrogen and oxygen atoms in total. The van der Waals surface area contributed by atoms with Gasteiger partial charge in [0.2, 0.25) is 0 Å². The summed E-state index contributed by atoms with van der Waals surface area (Å²) in [5.74, 6) is 0.958. The highest BCUT2D eigenvalue weighted by Crippen LogP contribution is 2.06. The molecule has 1 aromatic rings. The van der Waals surface area contributed by atoms with Crippen LogP contribution < -0.4 is 10.6 Å². The smallest absolute Gasteiger partial charge is 0.191 e. The van der Waals surface area contributed by atoms with Crippen LogP contribution in [0.2, 0.25) is 0 Å². The second kappa shape index (κ2) is 7.53. The van der Waals surface area contributed by atoms with E-state index in [4.69, 9.17) is 0 Å². The zero-order chi connectivity index (χ0) is 11.2. The van der Waals surface area contributed by atoms with Crippen LogP contribution >= 0.6 is 24.0 Å². The minimum atomic E-state index is 0. The van der Waals surface area contributed by atoms with Gasteiger partial charge in [-0.05, 0) is 30.9 Å². The Kier molecular flexibility index (Phi) is 6.32. The molecular formula is C13H20IN3. The average molecular weight is 345 g/mol. The van der Waals surface area contributed by atoms with Crippen LogP contribution in [0.5, 0.6) is 0 Å². The second-order valence-corrected chi connectivity index (χ2v) is 4.11. The molecule has 4 heteroatoms. The van der Waals surface area contributed by atoms with Gasteiger partial charge < -0.3 is 10.6 Å². The molecule has 0 radical (unpaired) electrons. The SMILES string of the molecule is Cc1ccccc1CCNC1=NCCCN1.I. The Hall–Kier alpha value is -0.780. The highest BCUT2D eigenvalue weighted by molar-refractivity contribution is 14.0. The fourth-order valence-corrected chi connectivity index (χ4v) is 1.86. The first-order valence-electron chi connectivity index (χ1n) is 5.93. The van der Waals surface area contributed by atoms with Crippen molar-refractivity contribution >= 4 is 29.9 Å². The first kappa shape index (κ1) is 14.3. The fourth-order valence-electron chi connectivity index (χ4n) is 1.86. The lowest BCUT2D eigenvalue weighted by molar-refractivity contribution is 0.700. The molecule has 0 saturated carbocycles. The number of halogens is 1. The Morgan fingerprint density at radius 3 is 2.88 bits per heavy atom. The molecule has 1 aliphatic heterocycles. The van der Waals surface area contributed by atoms with Crippen molar-refractivity contribution in [3.63, 3.8) is 0 Å². The zero-order valence-electron chi connectivity index (χ0n) is 10.2. The molecule has 0 bridgehead atoms. The quantitative estimate of drug-likeness (QED) is 0.824. The molecule has 17 heavy (non-hydrogen) atoms. The summed E-state index contributed by atoms with van der Waals surface area (Å²) in [6.07, 6.45) is 2.19. The Labute approximate surface area is 120 Å². The summed E-state index contributed by atoms with van der Waals surface area (Å²) in [4.78, 5) is 4.38. The number of benzene rings is 1. The maximum atomic E-state index is 4.38. The first-order valence-corrected chi connectivity index (χ1v) is 5.93. The van der Waals surface area contributed by atoms with E-state index in [0.29, 0.717) is 0 Å². The third-order valence-electron chi connectivity index (χ3n) is 2.85. The van der Waals surface area contributed by atoms with Gasteiger partial charge in [-0.25, -0.2) is 0 Å². The second-order valence-electron chi connectivity index (χ2n) is 4.11. The monoisotopic (exact) mass is 345 g/mol. The maximum Gasteiger partial charge on any atom is 0.191 e. The molecule has 2 rings (SSSR count). The lowest BCUT2D eigenvalue weighted by atomic mass is 10.1. The third kappa shape index (κ3) is 4.53. The molecule has 1 heterocycles. The summed E-state index contributed by atoms with van der Waals surface area (Å²) < 4.78 is 0. The molecule has 1 aromatic carbocycles. The van der Waals surface area contributed by atoms with E-state index in [1.165, 1.54) is 11.1 Å². The van der Waals surface area contributed by atoms with Crippen molar-refractivity contribution in [3.05, 3.63) is 35.4 Å². The van der Waals surface area contributed by atoms with Crippen molar-refractivity contribution in [1.29, 1.82) is 0 Å². The van der Waals surface area contributed by atoms with Crippen LogP contribution in [0.4, 0.5) is 0 Å². The first-order chi connectivity index (χ1) is 7.86. The normalized spacial score (nSPS) is 14.3. The fraction of sp³-hybridized carbons (Fsp3) is 0.462. The summed E-state index contributed by atoms with van der Waals surface area (Å²) >= 11 is 0. The van der Waals surface area contributed by atoms with Crippen LogP contribution in [0.1, 0.15) is 17.5 Å². The number of aliphatic imine (C=N–C) groups is 1. The molecule has 0 saturated heterocycles. The molecule has 2 N–H and O–H groups in total. The number of aryl methyl sites for hydroxylation is 1. The predicted molar refractivity (Wildman–Crippen MR) is 83.2 cm³/mol. The van der Waals surface area contributed by atoms with Crippen LogP contribution in [-0.4, -0.2) is 25.6 Å². The number of hydrogen-bond donors (Lipinski definition) is 2. The number of nitrogens with zero attached hydrogens (tertiary/aromatic N) is 1. The third-order valence-corrected chi connectivity index (χ3v) is 2.85. The predicted octanol–water partition coefficient (Wildman–Crippen LogP) is 2.09. The number of rotatable bonds is 3. The van der Waals surface area contributed by atoms with Gasteiger partial charge in [0.25, 0.3) is 0 Å². The van der Waals surface area contributed by atoms with Crippen LogP contribution in [0, 0.1) is 6.92 Å². The number of guanidine groups is 1. The van der Waals surface area contributed by atoms with Crippen LogP contribution in [0.3, 0.4) is 0 Å². The maximum absolute atomic E-state index is 4.38. The van der Waals surface area contributed by atoms with Crippen molar-refractivity contribution in [1.82, 2.24) is 10.6 Å². The molecule has 1 aliphatic rings. The summed E-state index contributed by atoms with van der Waals surface area (Å²) in [5.41, 5.74) is 2.77. The van der Waals surface area contributed by atoms with E-state index in [1.807, 2.05) is 0 Å². The van der Waals surface area contributed by atoms with Crippen LogP contribution in [-0.2, 0) is 6.42 Å². The van der Waals surface area contributed by atoms with E-state index in [0.717, 1.165) is 38.4 Å². The number of hydrogen-bond acceptors (Lipinski definition) is 3. The Bertz CT molecular complexity index is 377. The van der Waals surface area contributed by atoms with Crippen molar-refractivity contribution in [2.45, 2.75) is 19.8 Å². The molecule has 0 fully saturated rings. The topological polar surface area (TPSA) is 36.4 Å². The molecule has 94 valence electrons. The van der Waals surface area contributed by atoms with E-state index in [-0.39, 0.29) is 24.0 Å². The number of nitrogens with one attached hydrogen (secondary N) is 2. The molecule has 0 aliphatic carbocycles. The van der Waals surface area contributed by atoms with E-state index in [9.17, 15) is 0 Å². The summed E-state index contributed by atoms with van der Waals surface area (Å²) in [6, 6.07) is 8.52. The van der Waals surface area contributed by atoms with E-state index in [2.05, 4.69) is 46.8 Å². The Morgan fingerprint density at radius 2 is 2.18 bits per heavy atom. The van der Waals surface area contributed by atoms with Crippen molar-refractivity contribution in [2.75, 3.05) is 19.6 Å². The standard InChI is InChI=1S/C13H19N3.HI/c1-11-5-2-3-6-12(11)7-10-16-13-14-8-4-9-15-13;/h2-3,5-6H,4,7-10H2,1H3,(H2,14,15,16);1H. The molecular weight excluding hydrogens is 325 g/mol. The van der Waals surface area contributed by atoms with Gasteiger partial charge in [-0.2, -0.15) is 0 Å². The van der Waals surface area contributed by atoms with Crippen LogP contribution in [0.25, 0.3) is 0 Å². The largest absolute Gasteiger partial charge is 0.356 e. The summed E-state index contributed by atoms with van der Waals surface area (Å²) in [6.45, 7) is 5.08. The van der Waals surface area contributed by atoms with E-state index >= 15 is 0 Å². The van der Waals surface area contributed by atoms with Crippen molar-refractivity contribution in [2.24, 2.45) is 4.99 Å². The lowest BCUT2D eigenvalue weighted by Gasteiger charge is -2.16. The lowest BCUT2D eigenvalue weighted by Crippen LogP contribution is -2.41. The molecule has 0 spiro atoms. The van der Waals surface area contributed by atoms with Crippen molar-refractivity contribution < 1.29 is 0 Å². The molecule has 0 atom stereocenters.